The first-order valence-electron chi connectivity index (χ1n) is 7.40. The van der Waals surface area contributed by atoms with Crippen molar-refractivity contribution in [3.8, 4) is 0 Å². The number of hydrogen-bond donors (Lipinski definition) is 6. The molecule has 0 radical (unpaired) electrons. The second kappa shape index (κ2) is 6.99. The highest BCUT2D eigenvalue weighted by molar-refractivity contribution is 7.83. The van der Waals surface area contributed by atoms with Crippen LogP contribution in [0, 0.1) is 0 Å². The molecule has 3 rings (SSSR count). The number of ether oxygens (including phenoxy) is 4. The van der Waals surface area contributed by atoms with E-state index in [-0.39, 0.29) is 6.61 Å². The molecule has 3 unspecified atom stereocenters. The van der Waals surface area contributed by atoms with E-state index in [4.69, 9.17) is 28.6 Å². The summed E-state index contributed by atoms with van der Waals surface area (Å²) in [6, 6.07) is -1.44. The maximum Gasteiger partial charge on any atom is 0.371 e. The summed E-state index contributed by atoms with van der Waals surface area (Å²) < 4.78 is 53.6. The average Bonchev–Trinajstić information content (AvgIpc) is 2.97. The fourth-order valence-electron chi connectivity index (χ4n) is 2.89. The lowest BCUT2D eigenvalue weighted by Crippen LogP contribution is -2.62. The molecule has 26 heavy (non-hydrogen) atoms. The first-order chi connectivity index (χ1) is 12.1. The van der Waals surface area contributed by atoms with Gasteiger partial charge in [-0.1, -0.05) is 0 Å². The molecule has 3 heterocycles. The molecule has 0 spiro atoms. The monoisotopic (exact) mass is 399 g/mol. The van der Waals surface area contributed by atoms with Crippen molar-refractivity contribution in [3.63, 3.8) is 0 Å². The smallest absolute Gasteiger partial charge is 0.371 e. The minimum atomic E-state index is -4.71. The number of carboxylic acid groups (broad SMARTS) is 1. The molecule has 2 bridgehead atoms. The van der Waals surface area contributed by atoms with E-state index in [9.17, 15) is 28.5 Å². The summed E-state index contributed by atoms with van der Waals surface area (Å²) in [5, 5.41) is 39.0. The SMILES string of the molecule is O=C(O)C1=C[C@H](O)[C@@H](O)[C@H](OC2C3COC(O3)[C@@H](NS(=O)(=O)O)[C@H]2O)O1. The molecule has 0 aliphatic carbocycles. The van der Waals surface area contributed by atoms with Gasteiger partial charge in [-0.3, -0.25) is 4.55 Å². The molecule has 3 aliphatic heterocycles. The number of aliphatic hydroxyl groups excluding tert-OH is 3. The Kier molecular flexibility index (Phi) is 5.22. The highest BCUT2D eigenvalue weighted by Crippen LogP contribution is 2.32. The van der Waals surface area contributed by atoms with E-state index < -0.39 is 71.2 Å². The van der Waals surface area contributed by atoms with E-state index >= 15 is 0 Å². The van der Waals surface area contributed by atoms with E-state index in [0.717, 1.165) is 6.08 Å². The summed E-state index contributed by atoms with van der Waals surface area (Å²) in [6.45, 7) is -0.108. The van der Waals surface area contributed by atoms with Gasteiger partial charge in [-0.2, -0.15) is 13.1 Å². The zero-order valence-corrected chi connectivity index (χ0v) is 13.7. The van der Waals surface area contributed by atoms with Crippen LogP contribution in [-0.4, -0.2) is 95.1 Å². The molecule has 0 amide bonds. The number of rotatable bonds is 5. The molecule has 6 N–H and O–H groups in total. The highest BCUT2D eigenvalue weighted by atomic mass is 32.2. The maximum atomic E-state index is 11.0. The Morgan fingerprint density at radius 2 is 1.96 bits per heavy atom. The Morgan fingerprint density at radius 3 is 2.58 bits per heavy atom. The van der Waals surface area contributed by atoms with E-state index in [2.05, 4.69) is 0 Å². The predicted octanol–water partition coefficient (Wildman–Crippen LogP) is -3.70. The van der Waals surface area contributed by atoms with Crippen molar-refractivity contribution in [3.05, 3.63) is 11.8 Å². The molecular weight excluding hydrogens is 382 g/mol. The van der Waals surface area contributed by atoms with Crippen molar-refractivity contribution in [1.82, 2.24) is 4.72 Å². The van der Waals surface area contributed by atoms with Gasteiger partial charge in [0.05, 0.1) is 6.61 Å². The van der Waals surface area contributed by atoms with Crippen molar-refractivity contribution in [2.45, 2.75) is 49.1 Å². The van der Waals surface area contributed by atoms with E-state index in [0.29, 0.717) is 0 Å². The van der Waals surface area contributed by atoms with Crippen molar-refractivity contribution < 1.29 is 57.1 Å². The second-order valence-electron chi connectivity index (χ2n) is 5.89. The number of nitrogens with one attached hydrogen (secondary N) is 1. The number of fused-ring (bicyclic) bond motifs is 2. The predicted molar refractivity (Wildman–Crippen MR) is 76.6 cm³/mol. The highest BCUT2D eigenvalue weighted by Gasteiger charge is 2.53. The zero-order chi connectivity index (χ0) is 19.2. The van der Waals surface area contributed by atoms with Gasteiger partial charge in [-0.25, -0.2) is 4.79 Å². The third-order valence-corrected chi connectivity index (χ3v) is 4.65. The second-order valence-corrected chi connectivity index (χ2v) is 7.08. The minimum Gasteiger partial charge on any atom is -0.475 e. The van der Waals surface area contributed by atoms with Crippen molar-refractivity contribution >= 4 is 16.3 Å². The molecule has 2 saturated heterocycles. The molecule has 8 atom stereocenters. The molecule has 0 saturated carbocycles. The minimum absolute atomic E-state index is 0.108. The molecule has 13 nitrogen and oxygen atoms in total. The van der Waals surface area contributed by atoms with Crippen LogP contribution in [0.4, 0.5) is 0 Å². The lowest BCUT2D eigenvalue weighted by atomic mass is 9.99. The standard InChI is InChI=1S/C12H17NO12S/c14-3-1-4(10(17)18)23-12(7(3)15)25-9-5-2-22-11(24-5)6(8(9)16)13-26(19,20)21/h1,3,5-9,11-16H,2H2,(H,17,18)(H,19,20,21)/t3-,5?,6-,7+,8+,9?,11?,12-/m0/s1. The molecule has 0 aromatic rings. The largest absolute Gasteiger partial charge is 0.475 e. The quantitative estimate of drug-likeness (QED) is 0.247. The van der Waals surface area contributed by atoms with Crippen LogP contribution in [0.1, 0.15) is 0 Å². The number of aliphatic carboxylic acids is 1. The van der Waals surface area contributed by atoms with Gasteiger partial charge >= 0.3 is 16.3 Å². The molecule has 14 heteroatoms. The van der Waals surface area contributed by atoms with Crippen LogP contribution in [0.2, 0.25) is 0 Å². The molecule has 148 valence electrons. The van der Waals surface area contributed by atoms with Gasteiger partial charge in [0.1, 0.15) is 36.6 Å². The lowest BCUT2D eigenvalue weighted by molar-refractivity contribution is -0.274. The first kappa shape index (κ1) is 19.4. The van der Waals surface area contributed by atoms with Gasteiger partial charge in [0.25, 0.3) is 0 Å². The van der Waals surface area contributed by atoms with E-state index in [1.165, 1.54) is 0 Å². The van der Waals surface area contributed by atoms with Gasteiger partial charge in [-0.15, -0.1) is 0 Å². The van der Waals surface area contributed by atoms with E-state index in [1.807, 2.05) is 0 Å². The molecular formula is C12H17NO12S. The van der Waals surface area contributed by atoms with E-state index in [1.54, 1.807) is 4.72 Å². The Labute approximate surface area is 146 Å². The van der Waals surface area contributed by atoms with Crippen LogP contribution in [0.5, 0.6) is 0 Å². The zero-order valence-electron chi connectivity index (χ0n) is 12.9. The van der Waals surface area contributed by atoms with Crippen molar-refractivity contribution in [2.75, 3.05) is 6.61 Å². The number of carboxylic acids is 1. The fourth-order valence-corrected chi connectivity index (χ4v) is 3.48. The Balaban J connectivity index is 1.78. The van der Waals surface area contributed by atoms with Crippen molar-refractivity contribution in [1.29, 1.82) is 0 Å². The summed E-state index contributed by atoms with van der Waals surface area (Å²) in [5.74, 6) is -2.19. The fraction of sp³-hybridized carbons (Fsp3) is 0.750. The van der Waals surface area contributed by atoms with Crippen LogP contribution in [-0.2, 0) is 34.0 Å². The Bertz CT molecular complexity index is 694. The van der Waals surface area contributed by atoms with Gasteiger partial charge in [-0.05, 0) is 6.08 Å². The molecule has 3 aliphatic rings. The Hall–Kier alpha value is -1.36. The average molecular weight is 399 g/mol. The van der Waals surface area contributed by atoms with Crippen molar-refractivity contribution in [2.24, 2.45) is 0 Å². The number of aliphatic hydroxyl groups is 3. The third-order valence-electron chi connectivity index (χ3n) is 4.08. The summed E-state index contributed by atoms with van der Waals surface area (Å²) in [6.07, 6.45) is -9.20. The van der Waals surface area contributed by atoms with Crippen LogP contribution in [0.3, 0.4) is 0 Å². The summed E-state index contributed by atoms with van der Waals surface area (Å²) >= 11 is 0. The van der Waals surface area contributed by atoms with Crippen LogP contribution < -0.4 is 4.72 Å². The van der Waals surface area contributed by atoms with Crippen LogP contribution in [0.15, 0.2) is 11.8 Å². The Morgan fingerprint density at radius 1 is 1.27 bits per heavy atom. The van der Waals surface area contributed by atoms with Crippen LogP contribution >= 0.6 is 0 Å². The summed E-state index contributed by atoms with van der Waals surface area (Å²) in [7, 11) is -4.71. The summed E-state index contributed by atoms with van der Waals surface area (Å²) in [4.78, 5) is 11.0. The first-order valence-corrected chi connectivity index (χ1v) is 8.84. The van der Waals surface area contributed by atoms with Gasteiger partial charge < -0.3 is 39.4 Å². The number of carbonyl (C=O) groups is 1. The van der Waals surface area contributed by atoms with Gasteiger partial charge in [0.15, 0.2) is 6.29 Å². The van der Waals surface area contributed by atoms with Crippen LogP contribution in [0.25, 0.3) is 0 Å². The maximum absolute atomic E-state index is 11.0. The molecule has 2 fully saturated rings. The topological polar surface area (TPSA) is 201 Å². The lowest BCUT2D eigenvalue weighted by Gasteiger charge is -2.40. The molecule has 0 aromatic carbocycles. The van der Waals surface area contributed by atoms with Gasteiger partial charge in [0.2, 0.25) is 12.0 Å². The molecule has 0 aromatic heterocycles. The summed E-state index contributed by atoms with van der Waals surface area (Å²) in [5.41, 5.74) is 0. The number of hydrogen-bond acceptors (Lipinski definition) is 10. The third kappa shape index (κ3) is 3.83. The normalized spacial score (nSPS) is 42.8. The van der Waals surface area contributed by atoms with Gasteiger partial charge in [0, 0.05) is 0 Å².